The minimum atomic E-state index is -0.377. The molecule has 22 heavy (non-hydrogen) atoms. The Balaban J connectivity index is 0.00000242. The predicted octanol–water partition coefficient (Wildman–Crippen LogP) is 2.43. The number of nitrogens with two attached hydrogens (primary N) is 1. The number of amides is 1. The lowest BCUT2D eigenvalue weighted by Gasteiger charge is -2.14. The molecule has 6 heteroatoms. The van der Waals surface area contributed by atoms with Crippen molar-refractivity contribution in [3.8, 4) is 5.75 Å². The van der Waals surface area contributed by atoms with Gasteiger partial charge in [-0.15, -0.1) is 12.4 Å². The number of carbonyl (C=O) groups is 1. The predicted molar refractivity (Wildman–Crippen MR) is 86.8 cm³/mol. The van der Waals surface area contributed by atoms with Gasteiger partial charge in [0.15, 0.2) is 11.6 Å². The zero-order chi connectivity index (χ0) is 15.2. The van der Waals surface area contributed by atoms with Crippen LogP contribution in [0.1, 0.15) is 31.2 Å². The summed E-state index contributed by atoms with van der Waals surface area (Å²) in [6.45, 7) is 0.507. The Kier molecular flexibility index (Phi) is 7.62. The van der Waals surface area contributed by atoms with Crippen LogP contribution < -0.4 is 15.8 Å². The van der Waals surface area contributed by atoms with Crippen LogP contribution in [0.15, 0.2) is 18.2 Å². The van der Waals surface area contributed by atoms with Crippen molar-refractivity contribution in [2.24, 2.45) is 11.7 Å². The molecule has 0 aliphatic heterocycles. The van der Waals surface area contributed by atoms with Gasteiger partial charge in [0.25, 0.3) is 0 Å². The first-order valence-corrected chi connectivity index (χ1v) is 7.45. The monoisotopic (exact) mass is 330 g/mol. The zero-order valence-corrected chi connectivity index (χ0v) is 13.6. The molecule has 1 aromatic rings. The van der Waals surface area contributed by atoms with Crippen molar-refractivity contribution >= 4 is 18.3 Å². The molecule has 1 aromatic carbocycles. The van der Waals surface area contributed by atoms with Crippen LogP contribution in [-0.2, 0) is 11.2 Å². The average Bonchev–Trinajstić information content (AvgIpc) is 2.84. The van der Waals surface area contributed by atoms with E-state index in [4.69, 9.17) is 10.5 Å². The number of rotatable bonds is 6. The van der Waals surface area contributed by atoms with Crippen LogP contribution >= 0.6 is 12.4 Å². The number of hydrogen-bond acceptors (Lipinski definition) is 3. The molecule has 0 aromatic heterocycles. The lowest BCUT2D eigenvalue weighted by atomic mass is 10.00. The summed E-state index contributed by atoms with van der Waals surface area (Å²) in [5, 5.41) is 2.88. The Morgan fingerprint density at radius 1 is 1.45 bits per heavy atom. The normalized spacial score (nSPS) is 20.3. The molecule has 2 atom stereocenters. The van der Waals surface area contributed by atoms with Gasteiger partial charge in [0.2, 0.25) is 5.91 Å². The van der Waals surface area contributed by atoms with E-state index in [1.54, 1.807) is 12.1 Å². The van der Waals surface area contributed by atoms with Gasteiger partial charge >= 0.3 is 0 Å². The largest absolute Gasteiger partial charge is 0.494 e. The van der Waals surface area contributed by atoms with Gasteiger partial charge in [-0.2, -0.15) is 0 Å². The van der Waals surface area contributed by atoms with Gasteiger partial charge in [0.1, 0.15) is 0 Å². The summed E-state index contributed by atoms with van der Waals surface area (Å²) in [6, 6.07) is 5.01. The van der Waals surface area contributed by atoms with Crippen LogP contribution in [0.25, 0.3) is 0 Å². The standard InChI is InChI=1S/C16H23FN2O2.ClH/c1-21-15-6-5-11(9-13(15)17)7-8-19-16(20)10-12-3-2-4-14(12)18;/h5-6,9,12,14H,2-4,7-8,10,18H2,1H3,(H,19,20);1H/t12-,14+;/m0./s1. The molecule has 0 unspecified atom stereocenters. The minimum Gasteiger partial charge on any atom is -0.494 e. The summed E-state index contributed by atoms with van der Waals surface area (Å²) in [5.41, 5.74) is 6.80. The lowest BCUT2D eigenvalue weighted by molar-refractivity contribution is -0.122. The van der Waals surface area contributed by atoms with E-state index >= 15 is 0 Å². The number of hydrogen-bond donors (Lipinski definition) is 2. The van der Waals surface area contributed by atoms with E-state index in [1.807, 2.05) is 0 Å². The Labute approximate surface area is 137 Å². The first-order chi connectivity index (χ1) is 10.1. The van der Waals surface area contributed by atoms with Gasteiger partial charge in [0.05, 0.1) is 7.11 Å². The highest BCUT2D eigenvalue weighted by Crippen LogP contribution is 2.26. The molecule has 0 heterocycles. The van der Waals surface area contributed by atoms with Crippen molar-refractivity contribution in [1.82, 2.24) is 5.32 Å². The molecule has 0 radical (unpaired) electrons. The van der Waals surface area contributed by atoms with Gasteiger partial charge in [-0.3, -0.25) is 4.79 Å². The smallest absolute Gasteiger partial charge is 0.220 e. The van der Waals surface area contributed by atoms with Crippen molar-refractivity contribution in [3.05, 3.63) is 29.6 Å². The third-order valence-corrected chi connectivity index (χ3v) is 4.12. The van der Waals surface area contributed by atoms with E-state index in [2.05, 4.69) is 5.32 Å². The Hall–Kier alpha value is -1.33. The fourth-order valence-corrected chi connectivity index (χ4v) is 2.84. The summed E-state index contributed by atoms with van der Waals surface area (Å²) in [7, 11) is 1.44. The molecule has 0 spiro atoms. The fourth-order valence-electron chi connectivity index (χ4n) is 2.84. The number of halogens is 2. The molecule has 1 aliphatic rings. The van der Waals surface area contributed by atoms with Gasteiger partial charge in [-0.25, -0.2) is 4.39 Å². The van der Waals surface area contributed by atoms with Crippen LogP contribution in [0.3, 0.4) is 0 Å². The third kappa shape index (κ3) is 5.14. The molecule has 1 amide bonds. The number of ether oxygens (including phenoxy) is 1. The van der Waals surface area contributed by atoms with E-state index in [0.717, 1.165) is 24.8 Å². The van der Waals surface area contributed by atoms with Crippen molar-refractivity contribution in [2.45, 2.75) is 38.1 Å². The second kappa shape index (κ2) is 8.96. The molecular weight excluding hydrogens is 307 g/mol. The Bertz CT molecular complexity index is 499. The third-order valence-electron chi connectivity index (χ3n) is 4.12. The van der Waals surface area contributed by atoms with Gasteiger partial charge in [0, 0.05) is 19.0 Å². The molecule has 3 N–H and O–H groups in total. The average molecular weight is 331 g/mol. The fraction of sp³-hybridized carbons (Fsp3) is 0.562. The lowest BCUT2D eigenvalue weighted by Crippen LogP contribution is -2.32. The quantitative estimate of drug-likeness (QED) is 0.842. The highest BCUT2D eigenvalue weighted by atomic mass is 35.5. The number of nitrogens with one attached hydrogen (secondary N) is 1. The number of carbonyl (C=O) groups excluding carboxylic acids is 1. The maximum atomic E-state index is 13.5. The highest BCUT2D eigenvalue weighted by molar-refractivity contribution is 5.85. The summed E-state index contributed by atoms with van der Waals surface area (Å²) >= 11 is 0. The van der Waals surface area contributed by atoms with E-state index in [1.165, 1.54) is 13.2 Å². The molecular formula is C16H24ClFN2O2. The van der Waals surface area contributed by atoms with Crippen LogP contribution in [0.4, 0.5) is 4.39 Å². The van der Waals surface area contributed by atoms with E-state index in [-0.39, 0.29) is 35.9 Å². The molecule has 124 valence electrons. The maximum absolute atomic E-state index is 13.5. The molecule has 1 fully saturated rings. The topological polar surface area (TPSA) is 64.3 Å². The Morgan fingerprint density at radius 3 is 2.82 bits per heavy atom. The first kappa shape index (κ1) is 18.7. The highest BCUT2D eigenvalue weighted by Gasteiger charge is 2.25. The van der Waals surface area contributed by atoms with Crippen molar-refractivity contribution < 1.29 is 13.9 Å². The van der Waals surface area contributed by atoms with Crippen LogP contribution in [0.5, 0.6) is 5.75 Å². The molecule has 0 saturated heterocycles. The maximum Gasteiger partial charge on any atom is 0.220 e. The van der Waals surface area contributed by atoms with E-state index in [0.29, 0.717) is 25.3 Å². The molecule has 0 bridgehead atoms. The van der Waals surface area contributed by atoms with Crippen molar-refractivity contribution in [2.75, 3.05) is 13.7 Å². The van der Waals surface area contributed by atoms with E-state index in [9.17, 15) is 9.18 Å². The second-order valence-corrected chi connectivity index (χ2v) is 5.63. The van der Waals surface area contributed by atoms with Crippen LogP contribution in [0, 0.1) is 11.7 Å². The minimum absolute atomic E-state index is 0. The van der Waals surface area contributed by atoms with Crippen molar-refractivity contribution in [3.63, 3.8) is 0 Å². The summed E-state index contributed by atoms with van der Waals surface area (Å²) in [4.78, 5) is 11.8. The molecule has 1 aliphatic carbocycles. The van der Waals surface area contributed by atoms with Gasteiger partial charge in [-0.05, 0) is 42.9 Å². The summed E-state index contributed by atoms with van der Waals surface area (Å²) < 4.78 is 18.4. The molecule has 2 rings (SSSR count). The number of benzene rings is 1. The zero-order valence-electron chi connectivity index (χ0n) is 12.8. The second-order valence-electron chi connectivity index (χ2n) is 5.63. The van der Waals surface area contributed by atoms with Crippen LogP contribution in [0.2, 0.25) is 0 Å². The molecule has 1 saturated carbocycles. The summed E-state index contributed by atoms with van der Waals surface area (Å²) in [6.07, 6.45) is 4.27. The molecule has 4 nitrogen and oxygen atoms in total. The van der Waals surface area contributed by atoms with Gasteiger partial charge in [-0.1, -0.05) is 12.5 Å². The summed E-state index contributed by atoms with van der Waals surface area (Å²) in [5.74, 6) is 0.200. The Morgan fingerprint density at radius 2 is 2.23 bits per heavy atom. The first-order valence-electron chi connectivity index (χ1n) is 7.45. The number of methoxy groups -OCH3 is 1. The van der Waals surface area contributed by atoms with Gasteiger partial charge < -0.3 is 15.8 Å². The SMILES string of the molecule is COc1ccc(CCNC(=O)C[C@@H]2CCC[C@H]2N)cc1F.Cl. The van der Waals surface area contributed by atoms with Crippen molar-refractivity contribution in [1.29, 1.82) is 0 Å². The van der Waals surface area contributed by atoms with E-state index < -0.39 is 0 Å². The van der Waals surface area contributed by atoms with Crippen LogP contribution in [-0.4, -0.2) is 25.6 Å².